The van der Waals surface area contributed by atoms with Crippen LogP contribution >= 0.6 is 12.2 Å². The van der Waals surface area contributed by atoms with Crippen molar-refractivity contribution in [1.29, 1.82) is 0 Å². The van der Waals surface area contributed by atoms with Crippen LogP contribution in [0.3, 0.4) is 0 Å². The number of aromatic nitrogens is 5. The topological polar surface area (TPSA) is 82.6 Å². The predicted molar refractivity (Wildman–Crippen MR) is 91.5 cm³/mol. The van der Waals surface area contributed by atoms with E-state index in [9.17, 15) is 4.79 Å². The van der Waals surface area contributed by atoms with Crippen molar-refractivity contribution < 1.29 is 4.79 Å². The number of carbonyl (C=O) groups excluding carboxylic acids is 1. The first-order chi connectivity index (χ1) is 11.7. The number of rotatable bonds is 4. The molecule has 2 aliphatic rings. The highest BCUT2D eigenvalue weighted by Crippen LogP contribution is 2.39. The molecule has 3 heterocycles. The summed E-state index contributed by atoms with van der Waals surface area (Å²) in [6, 6.07) is 1.92. The summed E-state index contributed by atoms with van der Waals surface area (Å²) in [5, 5.41) is 14.5. The third-order valence-corrected chi connectivity index (χ3v) is 5.32. The predicted octanol–water partition coefficient (Wildman–Crippen LogP) is 2.58. The smallest absolute Gasteiger partial charge is 0.274 e. The molecule has 1 aliphatic carbocycles. The number of carbonyl (C=O) groups is 1. The first-order valence-corrected chi connectivity index (χ1v) is 9.08. The zero-order valence-electron chi connectivity index (χ0n) is 13.8. The van der Waals surface area contributed by atoms with Crippen molar-refractivity contribution in [1.82, 2.24) is 29.9 Å². The van der Waals surface area contributed by atoms with Crippen molar-refractivity contribution in [3.05, 3.63) is 28.0 Å². The zero-order valence-corrected chi connectivity index (χ0v) is 14.6. The molecule has 1 aliphatic heterocycles. The summed E-state index contributed by atoms with van der Waals surface area (Å²) in [4.78, 5) is 14.7. The summed E-state index contributed by atoms with van der Waals surface area (Å²) in [5.41, 5.74) is 1.63. The number of hydrogen-bond acceptors (Lipinski definition) is 4. The SMILES string of the molecule is CCn1c([C@H]2CCCN(C(=O)c3cc(C4CC4)[nH]n3)C2)n[nH]c1=S. The Morgan fingerprint density at radius 3 is 2.88 bits per heavy atom. The van der Waals surface area contributed by atoms with Crippen LogP contribution in [0.25, 0.3) is 0 Å². The molecule has 128 valence electrons. The van der Waals surface area contributed by atoms with Crippen LogP contribution in [0.2, 0.25) is 0 Å². The Labute approximate surface area is 145 Å². The maximum absolute atomic E-state index is 12.8. The van der Waals surface area contributed by atoms with Crippen molar-refractivity contribution >= 4 is 18.1 Å². The van der Waals surface area contributed by atoms with Gasteiger partial charge in [0.25, 0.3) is 5.91 Å². The van der Waals surface area contributed by atoms with Gasteiger partial charge >= 0.3 is 0 Å². The Bertz CT molecular complexity index is 802. The highest BCUT2D eigenvalue weighted by atomic mass is 32.1. The van der Waals surface area contributed by atoms with E-state index >= 15 is 0 Å². The van der Waals surface area contributed by atoms with Gasteiger partial charge in [0.1, 0.15) is 11.5 Å². The molecule has 2 fully saturated rings. The van der Waals surface area contributed by atoms with E-state index in [4.69, 9.17) is 12.2 Å². The van der Waals surface area contributed by atoms with E-state index in [-0.39, 0.29) is 11.8 Å². The van der Waals surface area contributed by atoms with Crippen molar-refractivity contribution in [3.63, 3.8) is 0 Å². The van der Waals surface area contributed by atoms with Crippen LogP contribution in [-0.2, 0) is 6.54 Å². The molecule has 0 unspecified atom stereocenters. The van der Waals surface area contributed by atoms with E-state index in [0.29, 0.717) is 22.9 Å². The highest BCUT2D eigenvalue weighted by Gasteiger charge is 2.31. The fourth-order valence-electron chi connectivity index (χ4n) is 3.53. The van der Waals surface area contributed by atoms with Crippen molar-refractivity contribution in [2.75, 3.05) is 13.1 Å². The van der Waals surface area contributed by atoms with E-state index in [1.165, 1.54) is 12.8 Å². The minimum Gasteiger partial charge on any atom is -0.337 e. The maximum atomic E-state index is 12.8. The molecule has 2 N–H and O–H groups in total. The molecule has 8 heteroatoms. The second kappa shape index (κ2) is 6.16. The summed E-state index contributed by atoms with van der Waals surface area (Å²) in [5.74, 6) is 1.77. The Morgan fingerprint density at radius 2 is 2.12 bits per heavy atom. The molecule has 0 spiro atoms. The second-order valence-corrected chi connectivity index (χ2v) is 7.09. The van der Waals surface area contributed by atoms with Gasteiger partial charge in [-0.25, -0.2) is 0 Å². The summed E-state index contributed by atoms with van der Waals surface area (Å²) < 4.78 is 2.67. The lowest BCUT2D eigenvalue weighted by Gasteiger charge is -2.31. The van der Waals surface area contributed by atoms with Gasteiger partial charge in [-0.15, -0.1) is 0 Å². The summed E-state index contributed by atoms with van der Waals surface area (Å²) >= 11 is 5.28. The Kier molecular flexibility index (Phi) is 3.99. The number of nitrogens with zero attached hydrogens (tertiary/aromatic N) is 4. The molecule has 24 heavy (non-hydrogen) atoms. The quantitative estimate of drug-likeness (QED) is 0.834. The maximum Gasteiger partial charge on any atom is 0.274 e. The molecule has 7 nitrogen and oxygen atoms in total. The molecule has 0 radical (unpaired) electrons. The van der Waals surface area contributed by atoms with Crippen LogP contribution in [0.15, 0.2) is 6.07 Å². The van der Waals surface area contributed by atoms with Gasteiger partial charge in [0.15, 0.2) is 4.77 Å². The number of hydrogen-bond donors (Lipinski definition) is 2. The molecular formula is C16H22N6OS. The van der Waals surface area contributed by atoms with E-state index < -0.39 is 0 Å². The lowest BCUT2D eigenvalue weighted by atomic mass is 9.97. The zero-order chi connectivity index (χ0) is 16.7. The van der Waals surface area contributed by atoms with Gasteiger partial charge in [0.2, 0.25) is 0 Å². The molecule has 2 aromatic heterocycles. The second-order valence-electron chi connectivity index (χ2n) is 6.70. The third kappa shape index (κ3) is 2.79. The molecule has 4 rings (SSSR count). The fourth-order valence-corrected chi connectivity index (χ4v) is 3.80. The van der Waals surface area contributed by atoms with Gasteiger partial charge in [0.05, 0.1) is 0 Å². The molecule has 1 amide bonds. The minimum atomic E-state index is 0.0139. The number of nitrogens with one attached hydrogen (secondary N) is 2. The van der Waals surface area contributed by atoms with Crippen molar-refractivity contribution in [3.8, 4) is 0 Å². The van der Waals surface area contributed by atoms with Crippen molar-refractivity contribution in [2.24, 2.45) is 0 Å². The molecular weight excluding hydrogens is 324 g/mol. The Morgan fingerprint density at radius 1 is 1.29 bits per heavy atom. The van der Waals surface area contributed by atoms with Gasteiger partial charge in [-0.1, -0.05) is 0 Å². The Hall–Kier alpha value is -1.96. The normalized spacial score (nSPS) is 21.2. The van der Waals surface area contributed by atoms with Gasteiger partial charge in [-0.05, 0) is 50.9 Å². The van der Waals surface area contributed by atoms with Gasteiger partial charge in [-0.2, -0.15) is 10.2 Å². The largest absolute Gasteiger partial charge is 0.337 e. The standard InChI is InChI=1S/C16H22N6OS/c1-2-22-14(19-20-16(22)24)11-4-3-7-21(9-11)15(23)13-8-12(17-18-13)10-5-6-10/h8,10-11H,2-7,9H2,1H3,(H,17,18)(H,20,24)/t11-/m0/s1. The van der Waals surface area contributed by atoms with Crippen LogP contribution in [0.4, 0.5) is 0 Å². The number of likely N-dealkylation sites (tertiary alicyclic amines) is 1. The fraction of sp³-hybridized carbons (Fsp3) is 0.625. The van der Waals surface area contributed by atoms with E-state index in [0.717, 1.165) is 37.4 Å². The van der Waals surface area contributed by atoms with Gasteiger partial charge < -0.3 is 9.47 Å². The van der Waals surface area contributed by atoms with Crippen LogP contribution in [0.1, 0.15) is 66.4 Å². The lowest BCUT2D eigenvalue weighted by molar-refractivity contribution is 0.0697. The van der Waals surface area contributed by atoms with Crippen LogP contribution in [-0.4, -0.2) is 48.9 Å². The van der Waals surface area contributed by atoms with Crippen LogP contribution < -0.4 is 0 Å². The van der Waals surface area contributed by atoms with Crippen molar-refractivity contribution in [2.45, 2.75) is 51.0 Å². The van der Waals surface area contributed by atoms with Crippen LogP contribution in [0.5, 0.6) is 0 Å². The number of amides is 1. The van der Waals surface area contributed by atoms with E-state index in [2.05, 4.69) is 27.3 Å². The van der Waals surface area contributed by atoms with Gasteiger partial charge in [0, 0.05) is 37.2 Å². The number of aromatic amines is 2. The summed E-state index contributed by atoms with van der Waals surface area (Å²) in [7, 11) is 0. The molecule has 1 atom stereocenters. The average molecular weight is 346 g/mol. The molecule has 2 aromatic rings. The highest BCUT2D eigenvalue weighted by molar-refractivity contribution is 7.71. The van der Waals surface area contributed by atoms with E-state index in [1.54, 1.807) is 0 Å². The average Bonchev–Trinajstić information content (AvgIpc) is 3.22. The monoisotopic (exact) mass is 346 g/mol. The Balaban J connectivity index is 1.51. The number of piperidine rings is 1. The third-order valence-electron chi connectivity index (χ3n) is 5.01. The number of H-pyrrole nitrogens is 2. The summed E-state index contributed by atoms with van der Waals surface area (Å²) in [6.45, 7) is 4.30. The van der Waals surface area contributed by atoms with Gasteiger partial charge in [-0.3, -0.25) is 15.0 Å². The molecule has 0 aromatic carbocycles. The van der Waals surface area contributed by atoms with E-state index in [1.807, 2.05) is 15.5 Å². The molecule has 0 bridgehead atoms. The van der Waals surface area contributed by atoms with Crippen LogP contribution in [0, 0.1) is 4.77 Å². The minimum absolute atomic E-state index is 0.0139. The first kappa shape index (κ1) is 15.6. The first-order valence-electron chi connectivity index (χ1n) is 8.67. The molecule has 1 saturated heterocycles. The lowest BCUT2D eigenvalue weighted by Crippen LogP contribution is -2.40. The summed E-state index contributed by atoms with van der Waals surface area (Å²) in [6.07, 6.45) is 4.39. The molecule has 1 saturated carbocycles.